The molecule has 4 saturated carbocycles. The topological polar surface area (TPSA) is 32.6 Å². The van der Waals surface area contributed by atoms with Gasteiger partial charge in [-0.1, -0.05) is 44.2 Å². The lowest BCUT2D eigenvalue weighted by Gasteiger charge is -2.60. The van der Waals surface area contributed by atoms with E-state index in [4.69, 9.17) is 4.99 Å². The zero-order valence-corrected chi connectivity index (χ0v) is 17.7. The van der Waals surface area contributed by atoms with E-state index in [1.54, 1.807) is 0 Å². The van der Waals surface area contributed by atoms with Crippen molar-refractivity contribution in [2.45, 2.75) is 83.8 Å². The minimum Gasteiger partial charge on any atom is -0.393 e. The maximum Gasteiger partial charge on any atom is 0.0556 e. The summed E-state index contributed by atoms with van der Waals surface area (Å²) in [5.74, 6) is 3.39. The maximum absolute atomic E-state index is 10.2. The zero-order chi connectivity index (χ0) is 19.4. The summed E-state index contributed by atoms with van der Waals surface area (Å²) in [5.41, 5.74) is 2.11. The van der Waals surface area contributed by atoms with Crippen molar-refractivity contribution in [2.24, 2.45) is 39.5 Å². The summed E-state index contributed by atoms with van der Waals surface area (Å²) < 4.78 is 0. The average molecular weight is 380 g/mol. The zero-order valence-electron chi connectivity index (χ0n) is 17.7. The quantitative estimate of drug-likeness (QED) is 0.640. The molecular formula is C26H37NO. The lowest BCUT2D eigenvalue weighted by atomic mass is 9.45. The average Bonchev–Trinajstić information content (AvgIpc) is 3.04. The third kappa shape index (κ3) is 2.90. The van der Waals surface area contributed by atoms with E-state index < -0.39 is 0 Å². The van der Waals surface area contributed by atoms with Gasteiger partial charge in [-0.15, -0.1) is 0 Å². The van der Waals surface area contributed by atoms with Crippen molar-refractivity contribution >= 4 is 6.21 Å². The smallest absolute Gasteiger partial charge is 0.0556 e. The Morgan fingerprint density at radius 3 is 2.46 bits per heavy atom. The van der Waals surface area contributed by atoms with Crippen molar-refractivity contribution in [1.29, 1.82) is 0 Å². The van der Waals surface area contributed by atoms with Crippen LogP contribution in [0.1, 0.15) is 77.2 Å². The largest absolute Gasteiger partial charge is 0.393 e. The van der Waals surface area contributed by atoms with Crippen molar-refractivity contribution < 1.29 is 5.11 Å². The van der Waals surface area contributed by atoms with E-state index in [0.29, 0.717) is 16.9 Å². The first-order valence-electron chi connectivity index (χ1n) is 11.8. The van der Waals surface area contributed by atoms with Gasteiger partial charge in [0.05, 0.1) is 12.1 Å². The standard InChI is InChI=1S/C26H37NO/c1-25-14-12-20(28)16-19(25)8-9-21-22-10-11-24(26(22,2)15-13-23(21)25)27-17-18-6-4-3-5-7-18/h3-7,17,19-24,28H,8-16H2,1-2H3/t19-,20+,21+,22+,23+,24+,25+,26+/m1/s1. The van der Waals surface area contributed by atoms with Gasteiger partial charge in [0.15, 0.2) is 0 Å². The van der Waals surface area contributed by atoms with E-state index in [2.05, 4.69) is 50.4 Å². The Morgan fingerprint density at radius 2 is 1.64 bits per heavy atom. The predicted octanol–water partition coefficient (Wildman–Crippen LogP) is 5.88. The van der Waals surface area contributed by atoms with Crippen LogP contribution in [-0.2, 0) is 0 Å². The van der Waals surface area contributed by atoms with Gasteiger partial charge in [-0.25, -0.2) is 0 Å². The van der Waals surface area contributed by atoms with Crippen LogP contribution in [0.4, 0.5) is 0 Å². The highest BCUT2D eigenvalue weighted by Crippen LogP contribution is 2.66. The highest BCUT2D eigenvalue weighted by molar-refractivity contribution is 5.79. The molecule has 0 heterocycles. The number of fused-ring (bicyclic) bond motifs is 5. The Hall–Kier alpha value is -1.15. The van der Waals surface area contributed by atoms with Crippen LogP contribution in [0.5, 0.6) is 0 Å². The Labute approximate surface area is 170 Å². The Kier molecular flexibility index (Phi) is 4.69. The van der Waals surface area contributed by atoms with Gasteiger partial charge in [-0.05, 0) is 97.9 Å². The second-order valence-electron chi connectivity index (χ2n) is 10.9. The number of benzene rings is 1. The summed E-state index contributed by atoms with van der Waals surface area (Å²) >= 11 is 0. The predicted molar refractivity (Wildman–Crippen MR) is 116 cm³/mol. The van der Waals surface area contributed by atoms with E-state index in [1.807, 2.05) is 0 Å². The molecule has 0 bridgehead atoms. The SMILES string of the molecule is C[C@]12CC[C@H](O)C[C@H]1CC[C@@H]1[C@@H]2CC[C@]2(C)[C@@H](N=Cc3ccccc3)CC[C@@H]12. The van der Waals surface area contributed by atoms with E-state index in [9.17, 15) is 5.11 Å². The van der Waals surface area contributed by atoms with Gasteiger partial charge in [0.25, 0.3) is 0 Å². The van der Waals surface area contributed by atoms with Gasteiger partial charge in [0, 0.05) is 6.21 Å². The van der Waals surface area contributed by atoms with Gasteiger partial charge < -0.3 is 5.11 Å². The van der Waals surface area contributed by atoms with Crippen LogP contribution in [0.15, 0.2) is 35.3 Å². The van der Waals surface area contributed by atoms with Crippen LogP contribution in [0.3, 0.4) is 0 Å². The highest BCUT2D eigenvalue weighted by Gasteiger charge is 2.60. The minimum atomic E-state index is -0.0355. The lowest BCUT2D eigenvalue weighted by molar-refractivity contribution is -0.122. The molecule has 0 unspecified atom stereocenters. The second kappa shape index (κ2) is 6.97. The molecule has 1 aromatic rings. The molecule has 5 rings (SSSR count). The number of hydrogen-bond donors (Lipinski definition) is 1. The Bertz CT molecular complexity index is 729. The summed E-state index contributed by atoms with van der Waals surface area (Å²) in [5, 5.41) is 10.2. The number of aliphatic hydroxyl groups is 1. The maximum atomic E-state index is 10.2. The van der Waals surface area contributed by atoms with Crippen LogP contribution in [0, 0.1) is 34.5 Å². The third-order valence-electron chi connectivity index (χ3n) is 9.79. The van der Waals surface area contributed by atoms with E-state index in [1.165, 1.54) is 50.5 Å². The molecule has 4 aliphatic carbocycles. The Morgan fingerprint density at radius 1 is 0.893 bits per heavy atom. The highest BCUT2D eigenvalue weighted by atomic mass is 16.3. The molecule has 1 N–H and O–H groups in total. The van der Waals surface area contributed by atoms with Crippen molar-refractivity contribution in [1.82, 2.24) is 0 Å². The molecule has 2 nitrogen and oxygen atoms in total. The summed E-state index contributed by atoms with van der Waals surface area (Å²) in [7, 11) is 0. The van der Waals surface area contributed by atoms with Crippen LogP contribution in [0.25, 0.3) is 0 Å². The molecule has 152 valence electrons. The number of aliphatic hydroxyl groups excluding tert-OH is 1. The van der Waals surface area contributed by atoms with Crippen molar-refractivity contribution in [3.05, 3.63) is 35.9 Å². The first kappa shape index (κ1) is 18.9. The molecule has 4 aliphatic rings. The first-order valence-corrected chi connectivity index (χ1v) is 11.8. The molecule has 0 radical (unpaired) electrons. The van der Waals surface area contributed by atoms with Gasteiger partial charge in [-0.3, -0.25) is 4.99 Å². The molecular weight excluding hydrogens is 342 g/mol. The first-order chi connectivity index (χ1) is 13.5. The van der Waals surface area contributed by atoms with Gasteiger partial charge in [-0.2, -0.15) is 0 Å². The van der Waals surface area contributed by atoms with Crippen molar-refractivity contribution in [2.75, 3.05) is 0 Å². The van der Waals surface area contributed by atoms with E-state index in [-0.39, 0.29) is 6.10 Å². The summed E-state index contributed by atoms with van der Waals surface area (Å²) in [6.07, 6.45) is 13.6. The molecule has 1 aromatic carbocycles. The molecule has 0 saturated heterocycles. The fraction of sp³-hybridized carbons (Fsp3) is 0.731. The van der Waals surface area contributed by atoms with Crippen LogP contribution in [-0.4, -0.2) is 23.5 Å². The molecule has 28 heavy (non-hydrogen) atoms. The third-order valence-corrected chi connectivity index (χ3v) is 9.79. The minimum absolute atomic E-state index is 0.0355. The summed E-state index contributed by atoms with van der Waals surface area (Å²) in [4.78, 5) is 5.14. The van der Waals surface area contributed by atoms with Gasteiger partial charge >= 0.3 is 0 Å². The van der Waals surface area contributed by atoms with Gasteiger partial charge in [0.1, 0.15) is 0 Å². The van der Waals surface area contributed by atoms with Crippen LogP contribution >= 0.6 is 0 Å². The molecule has 8 atom stereocenters. The fourth-order valence-electron chi connectivity index (χ4n) is 8.17. The fourth-order valence-corrected chi connectivity index (χ4v) is 8.17. The van der Waals surface area contributed by atoms with E-state index in [0.717, 1.165) is 36.5 Å². The molecule has 0 spiro atoms. The van der Waals surface area contributed by atoms with Crippen molar-refractivity contribution in [3.63, 3.8) is 0 Å². The number of aliphatic imine (C=N–C) groups is 1. The number of hydrogen-bond acceptors (Lipinski definition) is 2. The van der Waals surface area contributed by atoms with Crippen LogP contribution in [0.2, 0.25) is 0 Å². The molecule has 0 aromatic heterocycles. The van der Waals surface area contributed by atoms with Gasteiger partial charge in [0.2, 0.25) is 0 Å². The summed E-state index contributed by atoms with van der Waals surface area (Å²) in [6.45, 7) is 5.15. The molecule has 0 aliphatic heterocycles. The normalized spacial score (nSPS) is 48.1. The molecule has 2 heteroatoms. The summed E-state index contributed by atoms with van der Waals surface area (Å²) in [6, 6.07) is 11.1. The number of rotatable bonds is 2. The lowest BCUT2D eigenvalue weighted by Crippen LogP contribution is -2.54. The molecule has 0 amide bonds. The van der Waals surface area contributed by atoms with E-state index >= 15 is 0 Å². The number of nitrogens with zero attached hydrogens (tertiary/aromatic N) is 1. The molecule has 4 fully saturated rings. The van der Waals surface area contributed by atoms with Crippen molar-refractivity contribution in [3.8, 4) is 0 Å². The second-order valence-corrected chi connectivity index (χ2v) is 10.9. The Balaban J connectivity index is 1.36. The monoisotopic (exact) mass is 379 g/mol. The van der Waals surface area contributed by atoms with Crippen LogP contribution < -0.4 is 0 Å².